The summed E-state index contributed by atoms with van der Waals surface area (Å²) < 4.78 is 33.6. The predicted octanol–water partition coefficient (Wildman–Crippen LogP) is 6.79. The zero-order valence-corrected chi connectivity index (χ0v) is 24.6. The molecule has 0 saturated carbocycles. The van der Waals surface area contributed by atoms with E-state index in [-0.39, 0.29) is 0 Å². The van der Waals surface area contributed by atoms with Crippen LogP contribution < -0.4 is 28.4 Å². The van der Waals surface area contributed by atoms with Crippen LogP contribution in [-0.4, -0.2) is 41.0 Å². The minimum atomic E-state index is 0.314. The second-order valence-electron chi connectivity index (χ2n) is 9.48. The quantitative estimate of drug-likeness (QED) is 0.162. The van der Waals surface area contributed by atoms with Crippen LogP contribution in [0, 0.1) is 13.8 Å². The van der Waals surface area contributed by atoms with Gasteiger partial charge in [0.25, 0.3) is 0 Å². The van der Waals surface area contributed by atoms with Crippen molar-refractivity contribution >= 4 is 12.6 Å². The zero-order chi connectivity index (χ0) is 30.2. The topological polar surface area (TPSA) is 89.5 Å². The van der Waals surface area contributed by atoms with Crippen LogP contribution in [0.15, 0.2) is 60.7 Å². The molecule has 0 bridgehead atoms. The third-order valence-electron chi connectivity index (χ3n) is 7.24. The minimum absolute atomic E-state index is 0.314. The number of carbonyl (C=O) groups excluding carboxylic acids is 2. The monoisotopic (exact) mass is 570 g/mol. The van der Waals surface area contributed by atoms with Gasteiger partial charge in [-0.1, -0.05) is 36.4 Å². The van der Waals surface area contributed by atoms with E-state index >= 15 is 0 Å². The molecule has 0 radical (unpaired) electrons. The number of hydrogen-bond acceptors (Lipinski definition) is 8. The summed E-state index contributed by atoms with van der Waals surface area (Å²) in [5, 5.41) is 0. The summed E-state index contributed by atoms with van der Waals surface area (Å²) in [6.45, 7) is 4.77. The molecule has 4 aromatic rings. The normalized spacial score (nSPS) is 10.5. The van der Waals surface area contributed by atoms with Gasteiger partial charge in [-0.25, -0.2) is 0 Å². The summed E-state index contributed by atoms with van der Waals surface area (Å²) in [6, 6.07) is 19.0. The molecule has 0 saturated heterocycles. The number of carbonyl (C=O) groups is 2. The highest BCUT2D eigenvalue weighted by molar-refractivity contribution is 5.85. The lowest BCUT2D eigenvalue weighted by atomic mass is 9.92. The minimum Gasteiger partial charge on any atom is -0.496 e. The highest BCUT2D eigenvalue weighted by Gasteiger charge is 2.16. The Labute approximate surface area is 245 Å². The molecule has 0 heterocycles. The van der Waals surface area contributed by atoms with Gasteiger partial charge in [-0.2, -0.15) is 0 Å². The molecule has 0 spiro atoms. The Hall–Kier alpha value is -4.98. The SMILES string of the molecule is COc1cc(OCc2cccc(-c3cccc(COc4cc(OC)c(C=O)c(OC)c4)c3C)c2C)cc(OC)c1C=O. The van der Waals surface area contributed by atoms with Crippen molar-refractivity contribution in [3.05, 3.63) is 94.0 Å². The van der Waals surface area contributed by atoms with E-state index in [9.17, 15) is 9.59 Å². The molecule has 0 unspecified atom stereocenters. The van der Waals surface area contributed by atoms with Crippen molar-refractivity contribution in [3.63, 3.8) is 0 Å². The summed E-state index contributed by atoms with van der Waals surface area (Å²) in [5.41, 5.74) is 7.03. The average Bonchev–Trinajstić information content (AvgIpc) is 3.02. The first-order valence-corrected chi connectivity index (χ1v) is 13.2. The second-order valence-corrected chi connectivity index (χ2v) is 9.48. The molecule has 0 fully saturated rings. The van der Waals surface area contributed by atoms with Gasteiger partial charge in [-0.15, -0.1) is 0 Å². The van der Waals surface area contributed by atoms with Crippen molar-refractivity contribution in [1.29, 1.82) is 0 Å². The van der Waals surface area contributed by atoms with Gasteiger partial charge in [-0.05, 0) is 47.2 Å². The van der Waals surface area contributed by atoms with E-state index in [0.29, 0.717) is 71.4 Å². The Morgan fingerprint density at radius 3 is 1.17 bits per heavy atom. The summed E-state index contributed by atoms with van der Waals surface area (Å²) >= 11 is 0. The average molecular weight is 571 g/mol. The number of hydrogen-bond donors (Lipinski definition) is 0. The summed E-state index contributed by atoms with van der Waals surface area (Å²) in [6.07, 6.45) is 1.40. The highest BCUT2D eigenvalue weighted by atomic mass is 16.5. The van der Waals surface area contributed by atoms with Crippen molar-refractivity contribution in [2.24, 2.45) is 0 Å². The van der Waals surface area contributed by atoms with Crippen LogP contribution in [0.25, 0.3) is 11.1 Å². The largest absolute Gasteiger partial charge is 0.496 e. The molecule has 4 rings (SSSR count). The Balaban J connectivity index is 1.57. The molecule has 4 aromatic carbocycles. The molecular formula is C34H34O8. The van der Waals surface area contributed by atoms with E-state index < -0.39 is 0 Å². The first-order valence-electron chi connectivity index (χ1n) is 13.2. The summed E-state index contributed by atoms with van der Waals surface area (Å²) in [7, 11) is 5.99. The zero-order valence-electron chi connectivity index (χ0n) is 24.6. The maximum Gasteiger partial charge on any atom is 0.157 e. The molecule has 0 atom stereocenters. The molecule has 0 aromatic heterocycles. The van der Waals surface area contributed by atoms with E-state index in [1.165, 1.54) is 28.4 Å². The maximum atomic E-state index is 11.5. The van der Waals surface area contributed by atoms with Gasteiger partial charge in [0.05, 0.1) is 39.6 Å². The first kappa shape index (κ1) is 30.0. The molecule has 8 heteroatoms. The van der Waals surface area contributed by atoms with Gasteiger partial charge < -0.3 is 28.4 Å². The molecule has 42 heavy (non-hydrogen) atoms. The smallest absolute Gasteiger partial charge is 0.157 e. The maximum absolute atomic E-state index is 11.5. The lowest BCUT2D eigenvalue weighted by Gasteiger charge is -2.18. The van der Waals surface area contributed by atoms with Crippen LogP contribution in [0.4, 0.5) is 0 Å². The van der Waals surface area contributed by atoms with Gasteiger partial charge in [0.15, 0.2) is 12.6 Å². The Morgan fingerprint density at radius 1 is 0.548 bits per heavy atom. The van der Waals surface area contributed by atoms with Gasteiger partial charge in [0.1, 0.15) is 47.7 Å². The van der Waals surface area contributed by atoms with Crippen molar-refractivity contribution in [1.82, 2.24) is 0 Å². The van der Waals surface area contributed by atoms with Crippen molar-refractivity contribution in [2.75, 3.05) is 28.4 Å². The van der Waals surface area contributed by atoms with Crippen LogP contribution in [-0.2, 0) is 13.2 Å². The van der Waals surface area contributed by atoms with Crippen LogP contribution in [0.2, 0.25) is 0 Å². The lowest BCUT2D eigenvalue weighted by Crippen LogP contribution is -2.03. The summed E-state index contributed by atoms with van der Waals surface area (Å²) in [5.74, 6) is 2.60. The molecule has 0 amide bonds. The van der Waals surface area contributed by atoms with Crippen molar-refractivity contribution < 1.29 is 38.0 Å². The number of rotatable bonds is 13. The van der Waals surface area contributed by atoms with Gasteiger partial charge in [0, 0.05) is 24.3 Å². The summed E-state index contributed by atoms with van der Waals surface area (Å²) in [4.78, 5) is 23.0. The second kappa shape index (κ2) is 13.6. The van der Waals surface area contributed by atoms with Gasteiger partial charge in [-0.3, -0.25) is 9.59 Å². The number of benzene rings is 4. The fourth-order valence-corrected chi connectivity index (χ4v) is 4.81. The van der Waals surface area contributed by atoms with Gasteiger partial charge >= 0.3 is 0 Å². The predicted molar refractivity (Wildman–Crippen MR) is 160 cm³/mol. The lowest BCUT2D eigenvalue weighted by molar-refractivity contribution is 0.110. The van der Waals surface area contributed by atoms with Crippen LogP contribution in [0.5, 0.6) is 34.5 Å². The van der Waals surface area contributed by atoms with Gasteiger partial charge in [0.2, 0.25) is 0 Å². The third-order valence-corrected chi connectivity index (χ3v) is 7.24. The van der Waals surface area contributed by atoms with E-state index in [1.807, 2.05) is 24.3 Å². The highest BCUT2D eigenvalue weighted by Crippen LogP contribution is 2.36. The number of ether oxygens (including phenoxy) is 6. The molecule has 218 valence electrons. The number of aldehydes is 2. The third kappa shape index (κ3) is 6.17. The Kier molecular flexibility index (Phi) is 9.70. The molecule has 0 aliphatic rings. The molecule has 0 aliphatic carbocycles. The Bertz CT molecular complexity index is 1420. The molecule has 0 N–H and O–H groups in total. The van der Waals surface area contributed by atoms with E-state index in [0.717, 1.165) is 33.4 Å². The van der Waals surface area contributed by atoms with Crippen molar-refractivity contribution in [3.8, 4) is 45.6 Å². The van der Waals surface area contributed by atoms with Crippen LogP contribution in [0.3, 0.4) is 0 Å². The standard InChI is InChI=1S/C34H34O8/c1-21-23(19-41-25-13-31(37-3)29(17-35)32(14-25)38-4)9-7-11-27(21)28-12-8-10-24(22(28)2)20-42-26-15-33(39-5)30(18-36)34(16-26)40-6/h7-18H,19-20H2,1-6H3. The van der Waals surface area contributed by atoms with Crippen LogP contribution in [0.1, 0.15) is 43.0 Å². The fraction of sp³-hybridized carbons (Fsp3) is 0.235. The Morgan fingerprint density at radius 2 is 0.881 bits per heavy atom. The first-order chi connectivity index (χ1) is 20.4. The fourth-order valence-electron chi connectivity index (χ4n) is 4.81. The number of methoxy groups -OCH3 is 4. The van der Waals surface area contributed by atoms with E-state index in [2.05, 4.69) is 26.0 Å². The molecular weight excluding hydrogens is 536 g/mol. The molecule has 8 nitrogen and oxygen atoms in total. The van der Waals surface area contributed by atoms with E-state index in [4.69, 9.17) is 28.4 Å². The van der Waals surface area contributed by atoms with Crippen LogP contribution >= 0.6 is 0 Å². The van der Waals surface area contributed by atoms with Crippen molar-refractivity contribution in [2.45, 2.75) is 27.1 Å². The molecule has 0 aliphatic heterocycles. The van der Waals surface area contributed by atoms with E-state index in [1.54, 1.807) is 24.3 Å².